The third-order valence-corrected chi connectivity index (χ3v) is 2.68. The predicted molar refractivity (Wildman–Crippen MR) is 67.6 cm³/mol. The highest BCUT2D eigenvalue weighted by Gasteiger charge is 2.37. The summed E-state index contributed by atoms with van der Waals surface area (Å²) in [7, 11) is 5.76. The third-order valence-electron chi connectivity index (χ3n) is 2.68. The number of hydrogen-bond donors (Lipinski definition) is 1. The van der Waals surface area contributed by atoms with Crippen molar-refractivity contribution < 1.29 is 14.7 Å². The Kier molecular flexibility index (Phi) is 4.81. The first kappa shape index (κ1) is 16.0. The van der Waals surface area contributed by atoms with Gasteiger partial charge < -0.3 is 9.92 Å². The Morgan fingerprint density at radius 1 is 1.18 bits per heavy atom. The topological polar surface area (TPSA) is 57.6 Å². The minimum Gasteiger partial charge on any atom is -0.481 e. The lowest BCUT2D eigenvalue weighted by atomic mass is 9.76. The largest absolute Gasteiger partial charge is 0.481 e. The zero-order valence-electron chi connectivity index (χ0n) is 11.6. The highest BCUT2D eigenvalue weighted by atomic mass is 16.4. The van der Waals surface area contributed by atoms with Crippen LogP contribution in [-0.4, -0.2) is 35.3 Å². The maximum absolute atomic E-state index is 12.2. The van der Waals surface area contributed by atoms with Gasteiger partial charge in [-0.3, -0.25) is 9.59 Å². The molecule has 0 aromatic rings. The van der Waals surface area contributed by atoms with Gasteiger partial charge in [-0.1, -0.05) is 20.8 Å². The quantitative estimate of drug-likeness (QED) is 0.764. The van der Waals surface area contributed by atoms with Gasteiger partial charge in [0.2, 0.25) is 13.9 Å². The number of rotatable bonds is 3. The molecule has 0 aromatic heterocycles. The number of amides is 1. The summed E-state index contributed by atoms with van der Waals surface area (Å²) in [5.74, 6) is -1.93. The summed E-state index contributed by atoms with van der Waals surface area (Å²) in [4.78, 5) is 24.2. The average Bonchev–Trinajstić information content (AvgIpc) is 2.08. The molecule has 0 heterocycles. The van der Waals surface area contributed by atoms with E-state index in [1.54, 1.807) is 0 Å². The van der Waals surface area contributed by atoms with Gasteiger partial charge in [0.1, 0.15) is 0 Å². The smallest absolute Gasteiger partial charge is 0.304 e. The Hall–Kier alpha value is -0.995. The van der Waals surface area contributed by atoms with Crippen molar-refractivity contribution in [3.8, 4) is 0 Å². The molecule has 0 saturated heterocycles. The van der Waals surface area contributed by atoms with E-state index in [0.29, 0.717) is 0 Å². The number of carbonyl (C=O) groups is 2. The molecule has 4 nitrogen and oxygen atoms in total. The minimum atomic E-state index is -0.986. The van der Waals surface area contributed by atoms with Gasteiger partial charge in [0.05, 0.1) is 12.3 Å². The molecule has 2 radical (unpaired) electrons. The van der Waals surface area contributed by atoms with E-state index in [1.807, 2.05) is 41.5 Å². The Labute approximate surface area is 105 Å². The van der Waals surface area contributed by atoms with Gasteiger partial charge in [-0.25, -0.2) is 0 Å². The van der Waals surface area contributed by atoms with Crippen LogP contribution in [0.2, 0.25) is 0 Å². The summed E-state index contributed by atoms with van der Waals surface area (Å²) in [6, 6.07) is 0. The first-order valence-electron chi connectivity index (χ1n) is 5.68. The van der Waals surface area contributed by atoms with Crippen molar-refractivity contribution >= 4 is 19.9 Å². The van der Waals surface area contributed by atoms with E-state index in [4.69, 9.17) is 13.1 Å². The SMILES string of the molecule is [B]N(C(=O)C(CC(=O)O)C(C)(C)C)C(C)(C)C. The molecule has 0 bridgehead atoms. The third kappa shape index (κ3) is 4.80. The second kappa shape index (κ2) is 5.11. The van der Waals surface area contributed by atoms with Crippen LogP contribution in [0.5, 0.6) is 0 Å². The molecule has 96 valence electrons. The molecule has 0 fully saturated rings. The predicted octanol–water partition coefficient (Wildman–Crippen LogP) is 1.83. The van der Waals surface area contributed by atoms with Gasteiger partial charge in [0.15, 0.2) is 0 Å². The van der Waals surface area contributed by atoms with Crippen LogP contribution in [0.1, 0.15) is 48.0 Å². The molecule has 17 heavy (non-hydrogen) atoms. The molecule has 1 unspecified atom stereocenters. The van der Waals surface area contributed by atoms with Crippen LogP contribution in [0.3, 0.4) is 0 Å². The monoisotopic (exact) mass is 239 g/mol. The molecule has 1 amide bonds. The van der Waals surface area contributed by atoms with E-state index in [-0.39, 0.29) is 12.3 Å². The fraction of sp³-hybridized carbons (Fsp3) is 0.833. The summed E-state index contributed by atoms with van der Waals surface area (Å²) >= 11 is 0. The van der Waals surface area contributed by atoms with Crippen LogP contribution in [-0.2, 0) is 9.59 Å². The Bertz CT molecular complexity index is 302. The number of aliphatic carboxylic acids is 1. The molecule has 0 aliphatic rings. The van der Waals surface area contributed by atoms with Crippen molar-refractivity contribution in [2.75, 3.05) is 0 Å². The molecule has 0 saturated carbocycles. The molecule has 0 spiro atoms. The number of hydrogen-bond acceptors (Lipinski definition) is 2. The van der Waals surface area contributed by atoms with Crippen LogP contribution in [0, 0.1) is 11.3 Å². The Morgan fingerprint density at radius 2 is 1.59 bits per heavy atom. The van der Waals surface area contributed by atoms with E-state index < -0.39 is 22.8 Å². The maximum Gasteiger partial charge on any atom is 0.304 e. The fourth-order valence-electron chi connectivity index (χ4n) is 1.44. The molecular formula is C12H22BNO3. The number of carbonyl (C=O) groups excluding carboxylic acids is 1. The molecule has 0 rings (SSSR count). The maximum atomic E-state index is 12.2. The van der Waals surface area contributed by atoms with E-state index in [2.05, 4.69) is 0 Å². The van der Waals surface area contributed by atoms with Crippen molar-refractivity contribution in [1.82, 2.24) is 4.81 Å². The van der Waals surface area contributed by atoms with Gasteiger partial charge in [-0.05, 0) is 26.2 Å². The highest BCUT2D eigenvalue weighted by Crippen LogP contribution is 2.31. The lowest BCUT2D eigenvalue weighted by molar-refractivity contribution is -0.147. The standard InChI is InChI=1S/C12H22BNO3/c1-11(2,3)8(7-9(15)16)10(17)14(13)12(4,5)6/h8H,7H2,1-6H3,(H,15,16). The van der Waals surface area contributed by atoms with Gasteiger partial charge in [-0.15, -0.1) is 0 Å². The van der Waals surface area contributed by atoms with E-state index in [0.717, 1.165) is 4.81 Å². The van der Waals surface area contributed by atoms with Crippen molar-refractivity contribution in [3.63, 3.8) is 0 Å². The molecule has 0 aliphatic heterocycles. The second-order valence-corrected chi connectivity index (χ2v) is 6.40. The van der Waals surface area contributed by atoms with Crippen LogP contribution >= 0.6 is 0 Å². The summed E-state index contributed by atoms with van der Waals surface area (Å²) in [5.41, 5.74) is -0.947. The minimum absolute atomic E-state index is 0.202. The van der Waals surface area contributed by atoms with Gasteiger partial charge in [0, 0.05) is 5.54 Å². The van der Waals surface area contributed by atoms with E-state index in [1.165, 1.54) is 0 Å². The van der Waals surface area contributed by atoms with E-state index in [9.17, 15) is 9.59 Å². The molecule has 1 N–H and O–H groups in total. The number of carboxylic acid groups (broad SMARTS) is 1. The zero-order chi connectivity index (χ0) is 14.0. The first-order chi connectivity index (χ1) is 7.37. The van der Waals surface area contributed by atoms with Gasteiger partial charge >= 0.3 is 5.97 Å². The molecule has 0 aliphatic carbocycles. The van der Waals surface area contributed by atoms with Crippen LogP contribution in [0.15, 0.2) is 0 Å². The average molecular weight is 239 g/mol. The van der Waals surface area contributed by atoms with Crippen LogP contribution < -0.4 is 0 Å². The molecule has 1 atom stereocenters. The second-order valence-electron chi connectivity index (χ2n) is 6.40. The summed E-state index contributed by atoms with van der Waals surface area (Å²) in [6.45, 7) is 11.0. The highest BCUT2D eigenvalue weighted by molar-refractivity contribution is 6.15. The fourth-order valence-corrected chi connectivity index (χ4v) is 1.44. The first-order valence-corrected chi connectivity index (χ1v) is 5.68. The normalized spacial score (nSPS) is 14.2. The Morgan fingerprint density at radius 3 is 1.82 bits per heavy atom. The lowest BCUT2D eigenvalue weighted by Crippen LogP contribution is -2.49. The van der Waals surface area contributed by atoms with Crippen molar-refractivity contribution in [1.29, 1.82) is 0 Å². The molecular weight excluding hydrogens is 217 g/mol. The Balaban J connectivity index is 5.08. The zero-order valence-corrected chi connectivity index (χ0v) is 11.6. The number of carboxylic acids is 1. The summed E-state index contributed by atoms with van der Waals surface area (Å²) in [5, 5.41) is 8.87. The van der Waals surface area contributed by atoms with Crippen molar-refractivity contribution in [3.05, 3.63) is 0 Å². The molecule has 0 aromatic carbocycles. The van der Waals surface area contributed by atoms with Gasteiger partial charge in [0.25, 0.3) is 0 Å². The van der Waals surface area contributed by atoms with E-state index >= 15 is 0 Å². The summed E-state index contributed by atoms with van der Waals surface area (Å²) in [6.07, 6.45) is -0.202. The van der Waals surface area contributed by atoms with Crippen molar-refractivity contribution in [2.24, 2.45) is 11.3 Å². The van der Waals surface area contributed by atoms with Crippen LogP contribution in [0.25, 0.3) is 0 Å². The van der Waals surface area contributed by atoms with Gasteiger partial charge in [-0.2, -0.15) is 0 Å². The lowest BCUT2D eigenvalue weighted by Gasteiger charge is -2.39. The molecule has 5 heteroatoms. The summed E-state index contributed by atoms with van der Waals surface area (Å²) < 4.78 is 0. The van der Waals surface area contributed by atoms with Crippen LogP contribution in [0.4, 0.5) is 0 Å². The number of nitrogens with zero attached hydrogens (tertiary/aromatic N) is 1. The van der Waals surface area contributed by atoms with Crippen molar-refractivity contribution in [2.45, 2.75) is 53.5 Å².